The average molecular weight is 368 g/mol. The highest BCUT2D eigenvalue weighted by atomic mass is 79.9. The van der Waals surface area contributed by atoms with E-state index in [1.165, 1.54) is 24.1 Å². The van der Waals surface area contributed by atoms with Crippen molar-refractivity contribution in [2.75, 3.05) is 20.2 Å². The zero-order valence-corrected chi connectivity index (χ0v) is 13.6. The molecule has 0 aliphatic rings. The molecule has 3 nitrogen and oxygen atoms in total. The molecule has 1 aromatic carbocycles. The number of likely N-dealkylation sites (N-methyl/N-ethyl adjacent to an activating group) is 1. The van der Waals surface area contributed by atoms with Gasteiger partial charge in [-0.2, -0.15) is 13.2 Å². The molecule has 0 radical (unpaired) electrons. The molecule has 7 heteroatoms. The van der Waals surface area contributed by atoms with Gasteiger partial charge in [-0.05, 0) is 32.0 Å². The van der Waals surface area contributed by atoms with Gasteiger partial charge in [0.25, 0.3) is 5.91 Å². The monoisotopic (exact) mass is 367 g/mol. The van der Waals surface area contributed by atoms with E-state index in [-0.39, 0.29) is 16.1 Å². The summed E-state index contributed by atoms with van der Waals surface area (Å²) in [5.74, 6) is -0.472. The Bertz CT molecular complexity index is 503. The van der Waals surface area contributed by atoms with Crippen LogP contribution in [0.25, 0.3) is 0 Å². The van der Waals surface area contributed by atoms with Crippen molar-refractivity contribution in [2.24, 2.45) is 0 Å². The van der Waals surface area contributed by atoms with E-state index in [2.05, 4.69) is 15.9 Å². The highest BCUT2D eigenvalue weighted by Crippen LogP contribution is 2.35. The zero-order chi connectivity index (χ0) is 16.2. The first-order valence-electron chi connectivity index (χ1n) is 6.36. The minimum Gasteiger partial charge on any atom is -0.377 e. The van der Waals surface area contributed by atoms with Crippen molar-refractivity contribution < 1.29 is 22.7 Å². The van der Waals surface area contributed by atoms with Gasteiger partial charge >= 0.3 is 6.18 Å². The van der Waals surface area contributed by atoms with E-state index in [1.807, 2.05) is 13.8 Å². The standard InChI is InChI=1S/C14H17BrF3NO2/c1-9(2)21-7-6-19(3)13(20)10-4-5-12(15)11(8-10)14(16,17)18/h4-5,8-9H,6-7H2,1-3H3. The van der Waals surface area contributed by atoms with Gasteiger partial charge in [0, 0.05) is 23.6 Å². The Kier molecular flexibility index (Phi) is 6.22. The number of benzene rings is 1. The largest absolute Gasteiger partial charge is 0.417 e. The van der Waals surface area contributed by atoms with Gasteiger partial charge in [0.2, 0.25) is 0 Å². The fourth-order valence-electron chi connectivity index (χ4n) is 1.62. The Morgan fingerprint density at radius 1 is 1.38 bits per heavy atom. The molecule has 0 atom stereocenters. The summed E-state index contributed by atoms with van der Waals surface area (Å²) in [6, 6.07) is 3.45. The number of carbonyl (C=O) groups excluding carboxylic acids is 1. The van der Waals surface area contributed by atoms with E-state index in [1.54, 1.807) is 0 Å². The van der Waals surface area contributed by atoms with Gasteiger partial charge in [-0.3, -0.25) is 4.79 Å². The summed E-state index contributed by atoms with van der Waals surface area (Å²) < 4.78 is 43.7. The maximum Gasteiger partial charge on any atom is 0.417 e. The summed E-state index contributed by atoms with van der Waals surface area (Å²) >= 11 is 2.85. The molecule has 0 spiro atoms. The topological polar surface area (TPSA) is 29.5 Å². The van der Waals surface area contributed by atoms with Crippen molar-refractivity contribution >= 4 is 21.8 Å². The van der Waals surface area contributed by atoms with Gasteiger partial charge < -0.3 is 9.64 Å². The number of alkyl halides is 3. The van der Waals surface area contributed by atoms with Gasteiger partial charge in [0.05, 0.1) is 18.3 Å². The molecule has 0 aliphatic carbocycles. The molecule has 21 heavy (non-hydrogen) atoms. The number of ether oxygens (including phenoxy) is 1. The van der Waals surface area contributed by atoms with Gasteiger partial charge in [-0.15, -0.1) is 0 Å². The first-order valence-corrected chi connectivity index (χ1v) is 7.16. The smallest absolute Gasteiger partial charge is 0.377 e. The lowest BCUT2D eigenvalue weighted by Crippen LogP contribution is -2.31. The first-order chi connectivity index (χ1) is 9.62. The van der Waals surface area contributed by atoms with Gasteiger partial charge in [-0.25, -0.2) is 0 Å². The predicted octanol–water partition coefficient (Wildman–Crippen LogP) is 3.96. The summed E-state index contributed by atoms with van der Waals surface area (Å²) in [6.07, 6.45) is -4.47. The maximum atomic E-state index is 12.8. The summed E-state index contributed by atoms with van der Waals surface area (Å²) in [4.78, 5) is 13.4. The lowest BCUT2D eigenvalue weighted by atomic mass is 10.1. The molecule has 0 bridgehead atoms. The van der Waals surface area contributed by atoms with Crippen LogP contribution in [-0.2, 0) is 10.9 Å². The van der Waals surface area contributed by atoms with Crippen molar-refractivity contribution in [3.63, 3.8) is 0 Å². The lowest BCUT2D eigenvalue weighted by Gasteiger charge is -2.19. The van der Waals surface area contributed by atoms with Crippen LogP contribution in [0.4, 0.5) is 13.2 Å². The van der Waals surface area contributed by atoms with Crippen molar-refractivity contribution in [3.8, 4) is 0 Å². The van der Waals surface area contributed by atoms with E-state index in [0.717, 1.165) is 6.07 Å². The summed E-state index contributed by atoms with van der Waals surface area (Å²) in [6.45, 7) is 4.38. The Hall–Kier alpha value is -1.08. The molecule has 1 amide bonds. The SMILES string of the molecule is CC(C)OCCN(C)C(=O)c1ccc(Br)c(C(F)(F)F)c1. The van der Waals surface area contributed by atoms with E-state index < -0.39 is 17.6 Å². The summed E-state index contributed by atoms with van der Waals surface area (Å²) in [7, 11) is 1.53. The molecule has 1 rings (SSSR count). The van der Waals surface area contributed by atoms with E-state index in [9.17, 15) is 18.0 Å². The number of carbonyl (C=O) groups is 1. The number of nitrogens with zero attached hydrogens (tertiary/aromatic N) is 1. The maximum absolute atomic E-state index is 12.8. The molecule has 0 heterocycles. The molecular formula is C14H17BrF3NO2. The second-order valence-electron chi connectivity index (χ2n) is 4.84. The third-order valence-corrected chi connectivity index (χ3v) is 3.43. The van der Waals surface area contributed by atoms with E-state index in [4.69, 9.17) is 4.74 Å². The molecule has 0 saturated heterocycles. The van der Waals surface area contributed by atoms with Crippen LogP contribution in [0.15, 0.2) is 22.7 Å². The fraction of sp³-hybridized carbons (Fsp3) is 0.500. The molecule has 118 valence electrons. The molecule has 0 N–H and O–H groups in total. The van der Waals surface area contributed by atoms with Crippen LogP contribution in [0.1, 0.15) is 29.8 Å². The van der Waals surface area contributed by atoms with Crippen LogP contribution in [0, 0.1) is 0 Å². The van der Waals surface area contributed by atoms with Crippen molar-refractivity contribution in [3.05, 3.63) is 33.8 Å². The number of halogens is 4. The van der Waals surface area contributed by atoms with E-state index >= 15 is 0 Å². The molecule has 0 unspecified atom stereocenters. The molecule has 0 saturated carbocycles. The van der Waals surface area contributed by atoms with Crippen molar-refractivity contribution in [1.29, 1.82) is 0 Å². The molecule has 0 fully saturated rings. The third kappa shape index (κ3) is 5.32. The minimum atomic E-state index is -4.51. The number of hydrogen-bond acceptors (Lipinski definition) is 2. The van der Waals surface area contributed by atoms with Gasteiger partial charge in [0.1, 0.15) is 0 Å². The summed E-state index contributed by atoms with van der Waals surface area (Å²) in [5.41, 5.74) is -0.863. The highest BCUT2D eigenvalue weighted by molar-refractivity contribution is 9.10. The van der Waals surface area contributed by atoms with Crippen LogP contribution in [0.2, 0.25) is 0 Å². The average Bonchev–Trinajstić information content (AvgIpc) is 2.36. The lowest BCUT2D eigenvalue weighted by molar-refractivity contribution is -0.138. The highest BCUT2D eigenvalue weighted by Gasteiger charge is 2.33. The second-order valence-corrected chi connectivity index (χ2v) is 5.69. The molecule has 0 aliphatic heterocycles. The molecule has 0 aromatic heterocycles. The summed E-state index contributed by atoms with van der Waals surface area (Å²) in [5, 5.41) is 0. The Balaban J connectivity index is 2.83. The Labute approximate surface area is 130 Å². The third-order valence-electron chi connectivity index (χ3n) is 2.74. The van der Waals surface area contributed by atoms with Crippen molar-refractivity contribution in [1.82, 2.24) is 4.90 Å². The van der Waals surface area contributed by atoms with Crippen LogP contribution < -0.4 is 0 Å². The number of rotatable bonds is 5. The van der Waals surface area contributed by atoms with Crippen molar-refractivity contribution in [2.45, 2.75) is 26.1 Å². The minimum absolute atomic E-state index is 0.00225. The van der Waals surface area contributed by atoms with Gasteiger partial charge in [-0.1, -0.05) is 15.9 Å². The van der Waals surface area contributed by atoms with Gasteiger partial charge in [0.15, 0.2) is 0 Å². The molecular weight excluding hydrogens is 351 g/mol. The molecule has 1 aromatic rings. The zero-order valence-electron chi connectivity index (χ0n) is 12.0. The first kappa shape index (κ1) is 18.0. The number of hydrogen-bond donors (Lipinski definition) is 0. The number of amides is 1. The Morgan fingerprint density at radius 3 is 2.52 bits per heavy atom. The normalized spacial score (nSPS) is 11.8. The fourth-order valence-corrected chi connectivity index (χ4v) is 2.09. The second kappa shape index (κ2) is 7.26. The predicted molar refractivity (Wildman–Crippen MR) is 77.2 cm³/mol. The van der Waals surface area contributed by atoms with Crippen LogP contribution in [0.3, 0.4) is 0 Å². The quantitative estimate of drug-likeness (QED) is 0.787. The van der Waals surface area contributed by atoms with Crippen LogP contribution in [0.5, 0.6) is 0 Å². The Morgan fingerprint density at radius 2 is 2.00 bits per heavy atom. The van der Waals surface area contributed by atoms with Crippen LogP contribution >= 0.6 is 15.9 Å². The van der Waals surface area contributed by atoms with E-state index in [0.29, 0.717) is 13.2 Å². The van der Waals surface area contributed by atoms with Crippen LogP contribution in [-0.4, -0.2) is 37.1 Å².